The minimum atomic E-state index is -1.36. The largest absolute Gasteiger partial charge is 0.433 e. The number of carbonyl (C=O) groups is 1. The van der Waals surface area contributed by atoms with Crippen LogP contribution in [0.25, 0.3) is 0 Å². The molecule has 4 heteroatoms. The first-order valence-corrected chi connectivity index (χ1v) is 6.37. The van der Waals surface area contributed by atoms with Crippen molar-refractivity contribution in [2.45, 2.75) is 45.7 Å². The molecule has 2 rings (SSSR count). The van der Waals surface area contributed by atoms with Gasteiger partial charge in [-0.2, -0.15) is 0 Å². The molecular formula is C15H20O4. The number of hydrogen-bond donors (Lipinski definition) is 1. The Morgan fingerprint density at radius 3 is 2.32 bits per heavy atom. The number of esters is 1. The van der Waals surface area contributed by atoms with E-state index in [1.807, 2.05) is 39.0 Å². The number of hydrogen-bond acceptors (Lipinski definition) is 4. The Labute approximate surface area is 113 Å². The Hall–Kier alpha value is -1.39. The van der Waals surface area contributed by atoms with Crippen molar-refractivity contribution in [3.8, 4) is 0 Å². The van der Waals surface area contributed by atoms with E-state index in [0.29, 0.717) is 5.56 Å². The zero-order valence-corrected chi connectivity index (χ0v) is 11.7. The van der Waals surface area contributed by atoms with Crippen LogP contribution in [0.4, 0.5) is 0 Å². The van der Waals surface area contributed by atoms with Gasteiger partial charge < -0.3 is 14.6 Å². The topological polar surface area (TPSA) is 55.8 Å². The normalized spacial score (nSPS) is 29.1. The monoisotopic (exact) mass is 264 g/mol. The van der Waals surface area contributed by atoms with E-state index < -0.39 is 24.0 Å². The summed E-state index contributed by atoms with van der Waals surface area (Å²) in [7, 11) is 0. The van der Waals surface area contributed by atoms with E-state index in [1.54, 1.807) is 19.1 Å². The molecule has 0 unspecified atom stereocenters. The van der Waals surface area contributed by atoms with E-state index in [9.17, 15) is 9.90 Å². The number of cyclic esters (lactones) is 1. The van der Waals surface area contributed by atoms with Crippen LogP contribution in [0.5, 0.6) is 0 Å². The molecule has 19 heavy (non-hydrogen) atoms. The molecule has 0 spiro atoms. The van der Waals surface area contributed by atoms with Crippen LogP contribution in [0.1, 0.15) is 39.4 Å². The molecule has 0 saturated carbocycles. The van der Waals surface area contributed by atoms with Crippen LogP contribution >= 0.6 is 0 Å². The molecule has 0 bridgehead atoms. The second-order valence-electron chi connectivity index (χ2n) is 6.14. The summed E-state index contributed by atoms with van der Waals surface area (Å²) < 4.78 is 11.0. The van der Waals surface area contributed by atoms with Crippen LogP contribution in [0, 0.1) is 5.41 Å². The summed E-state index contributed by atoms with van der Waals surface area (Å²) in [5.41, 5.74) is -1.06. The first kappa shape index (κ1) is 14.0. The lowest BCUT2D eigenvalue weighted by Gasteiger charge is -2.29. The number of aliphatic hydroxyl groups excluding tert-OH is 1. The van der Waals surface area contributed by atoms with Crippen molar-refractivity contribution in [1.82, 2.24) is 0 Å². The molecule has 1 aromatic carbocycles. The SMILES string of the molecule is CC(C)(C)[C@@H]1OC(=O)[C@@](C)([C@@H](O)c2ccccc2)O1. The van der Waals surface area contributed by atoms with Crippen molar-refractivity contribution in [3.63, 3.8) is 0 Å². The minimum absolute atomic E-state index is 0.330. The summed E-state index contributed by atoms with van der Waals surface area (Å²) in [6, 6.07) is 8.99. The van der Waals surface area contributed by atoms with Gasteiger partial charge in [-0.15, -0.1) is 0 Å². The summed E-state index contributed by atoms with van der Waals surface area (Å²) in [5.74, 6) is -0.524. The third-order valence-electron chi connectivity index (χ3n) is 3.32. The first-order chi connectivity index (χ1) is 8.75. The standard InChI is InChI=1S/C15H20O4/c1-14(2,3)13-18-12(17)15(4,19-13)11(16)10-8-6-5-7-9-10/h5-9,11,13,16H,1-4H3/t11-,13+,15+/m0/s1. The summed E-state index contributed by atoms with van der Waals surface area (Å²) in [4.78, 5) is 12.1. The molecule has 1 fully saturated rings. The highest BCUT2D eigenvalue weighted by Crippen LogP contribution is 2.41. The van der Waals surface area contributed by atoms with E-state index in [-0.39, 0.29) is 5.41 Å². The predicted octanol–water partition coefficient (Wildman–Crippen LogP) is 2.42. The third-order valence-corrected chi connectivity index (χ3v) is 3.32. The lowest BCUT2D eigenvalue weighted by atomic mass is 9.92. The lowest BCUT2D eigenvalue weighted by molar-refractivity contribution is -0.166. The van der Waals surface area contributed by atoms with E-state index in [0.717, 1.165) is 0 Å². The van der Waals surface area contributed by atoms with Crippen LogP contribution in [0.3, 0.4) is 0 Å². The van der Waals surface area contributed by atoms with Gasteiger partial charge in [0.25, 0.3) is 0 Å². The molecule has 1 saturated heterocycles. The number of carbonyl (C=O) groups excluding carboxylic acids is 1. The predicted molar refractivity (Wildman–Crippen MR) is 70.2 cm³/mol. The molecule has 0 radical (unpaired) electrons. The van der Waals surface area contributed by atoms with Gasteiger partial charge in [0.2, 0.25) is 6.29 Å². The lowest BCUT2D eigenvalue weighted by Crippen LogP contribution is -2.40. The van der Waals surface area contributed by atoms with E-state index in [4.69, 9.17) is 9.47 Å². The van der Waals surface area contributed by atoms with Gasteiger partial charge in [0, 0.05) is 5.41 Å². The summed E-state index contributed by atoms with van der Waals surface area (Å²) >= 11 is 0. The van der Waals surface area contributed by atoms with Crippen molar-refractivity contribution in [2.75, 3.05) is 0 Å². The fourth-order valence-corrected chi connectivity index (χ4v) is 1.99. The fraction of sp³-hybridized carbons (Fsp3) is 0.533. The Balaban J connectivity index is 2.26. The van der Waals surface area contributed by atoms with Gasteiger partial charge in [0.1, 0.15) is 6.10 Å². The molecule has 0 amide bonds. The highest BCUT2D eigenvalue weighted by Gasteiger charge is 2.54. The van der Waals surface area contributed by atoms with Crippen LogP contribution in [0.15, 0.2) is 30.3 Å². The van der Waals surface area contributed by atoms with Crippen molar-refractivity contribution in [1.29, 1.82) is 0 Å². The summed E-state index contributed by atoms with van der Waals surface area (Å²) in [5, 5.41) is 10.4. The Bertz CT molecular complexity index is 463. The molecule has 1 heterocycles. The number of aliphatic hydroxyl groups is 1. The fourth-order valence-electron chi connectivity index (χ4n) is 1.99. The van der Waals surface area contributed by atoms with Gasteiger partial charge >= 0.3 is 5.97 Å². The van der Waals surface area contributed by atoms with E-state index in [1.165, 1.54) is 0 Å². The molecule has 1 aromatic rings. The van der Waals surface area contributed by atoms with E-state index in [2.05, 4.69) is 0 Å². The molecule has 0 aromatic heterocycles. The molecule has 3 atom stereocenters. The zero-order valence-electron chi connectivity index (χ0n) is 11.7. The molecule has 1 N–H and O–H groups in total. The van der Waals surface area contributed by atoms with Gasteiger partial charge in [-0.3, -0.25) is 0 Å². The summed E-state index contributed by atoms with van der Waals surface area (Å²) in [6.45, 7) is 7.33. The Morgan fingerprint density at radius 2 is 1.84 bits per heavy atom. The number of rotatable bonds is 2. The first-order valence-electron chi connectivity index (χ1n) is 6.37. The molecule has 0 aliphatic carbocycles. The van der Waals surface area contributed by atoms with Crippen LogP contribution in [-0.4, -0.2) is 23.0 Å². The van der Waals surface area contributed by atoms with Gasteiger partial charge in [0.05, 0.1) is 0 Å². The highest BCUT2D eigenvalue weighted by molar-refractivity contribution is 5.81. The average Bonchev–Trinajstić information content (AvgIpc) is 2.67. The van der Waals surface area contributed by atoms with Crippen molar-refractivity contribution >= 4 is 5.97 Å². The van der Waals surface area contributed by atoms with Crippen molar-refractivity contribution in [3.05, 3.63) is 35.9 Å². The number of ether oxygens (including phenoxy) is 2. The molecule has 104 valence electrons. The molecular weight excluding hydrogens is 244 g/mol. The van der Waals surface area contributed by atoms with Crippen molar-refractivity contribution in [2.24, 2.45) is 5.41 Å². The smallest absolute Gasteiger partial charge is 0.343 e. The average molecular weight is 264 g/mol. The maximum atomic E-state index is 12.1. The zero-order chi connectivity index (χ0) is 14.3. The van der Waals surface area contributed by atoms with Gasteiger partial charge in [-0.25, -0.2) is 4.79 Å². The van der Waals surface area contributed by atoms with Gasteiger partial charge in [-0.1, -0.05) is 51.1 Å². The quantitative estimate of drug-likeness (QED) is 0.833. The Kier molecular flexibility index (Phi) is 3.41. The van der Waals surface area contributed by atoms with Crippen LogP contribution in [-0.2, 0) is 14.3 Å². The molecule has 1 aliphatic heterocycles. The molecule has 4 nitrogen and oxygen atoms in total. The van der Waals surface area contributed by atoms with Gasteiger partial charge in [0.15, 0.2) is 5.60 Å². The maximum Gasteiger partial charge on any atom is 0.343 e. The van der Waals surface area contributed by atoms with E-state index >= 15 is 0 Å². The highest BCUT2D eigenvalue weighted by atomic mass is 16.8. The summed E-state index contributed by atoms with van der Waals surface area (Å²) in [6.07, 6.45) is -1.70. The third kappa shape index (κ3) is 2.51. The van der Waals surface area contributed by atoms with Crippen molar-refractivity contribution < 1.29 is 19.4 Å². The molecule has 1 aliphatic rings. The second-order valence-corrected chi connectivity index (χ2v) is 6.14. The van der Waals surface area contributed by atoms with Crippen LogP contribution < -0.4 is 0 Å². The second kappa shape index (κ2) is 4.62. The number of benzene rings is 1. The maximum absolute atomic E-state index is 12.1. The minimum Gasteiger partial charge on any atom is -0.433 e. The van der Waals surface area contributed by atoms with Crippen LogP contribution in [0.2, 0.25) is 0 Å². The van der Waals surface area contributed by atoms with Gasteiger partial charge in [-0.05, 0) is 12.5 Å². The Morgan fingerprint density at radius 1 is 1.26 bits per heavy atom.